The Labute approximate surface area is 177 Å². The lowest BCUT2D eigenvalue weighted by Crippen LogP contribution is -2.66. The van der Waals surface area contributed by atoms with Crippen molar-refractivity contribution in [2.45, 2.75) is 46.3 Å². The molecule has 0 N–H and O–H groups in total. The van der Waals surface area contributed by atoms with Gasteiger partial charge in [-0.15, -0.1) is 0 Å². The number of amides is 1. The number of fused-ring (bicyclic) bond motifs is 2. The Bertz CT molecular complexity index is 800. The van der Waals surface area contributed by atoms with E-state index in [0.29, 0.717) is 13.0 Å². The van der Waals surface area contributed by atoms with Gasteiger partial charge in [-0.25, -0.2) is 4.79 Å². The largest absolute Gasteiger partial charge is 0.465 e. The Kier molecular flexibility index (Phi) is 6.80. The normalized spacial score (nSPS) is 21.6. The number of nitrogens with zero attached hydrogens (tertiary/aromatic N) is 1. The number of esters is 2. The third-order valence-corrected chi connectivity index (χ3v) is 5.72. The van der Waals surface area contributed by atoms with E-state index in [0.717, 1.165) is 11.1 Å². The van der Waals surface area contributed by atoms with Gasteiger partial charge in [0.15, 0.2) is 5.41 Å². The number of benzene rings is 1. The molecule has 0 unspecified atom stereocenters. The molecule has 1 amide bonds. The van der Waals surface area contributed by atoms with E-state index in [2.05, 4.69) is 6.08 Å². The van der Waals surface area contributed by atoms with Crippen LogP contribution in [0.2, 0.25) is 0 Å². The summed E-state index contributed by atoms with van der Waals surface area (Å²) in [6.45, 7) is 6.12. The number of hydrogen-bond acceptors (Lipinski definition) is 6. The van der Waals surface area contributed by atoms with Gasteiger partial charge >= 0.3 is 18.0 Å². The van der Waals surface area contributed by atoms with Crippen molar-refractivity contribution in [3.8, 4) is 0 Å². The Balaban J connectivity index is 1.93. The molecule has 1 saturated heterocycles. The molecule has 30 heavy (non-hydrogen) atoms. The van der Waals surface area contributed by atoms with Crippen molar-refractivity contribution in [3.05, 3.63) is 47.5 Å². The van der Waals surface area contributed by atoms with Crippen LogP contribution in [0.4, 0.5) is 4.79 Å². The standard InChI is InChI=1S/C23H29NO6/c1-4-18-12-17-13-23(20(25)28-5-2,21(26)29-6-3)19(18)24(14-17)22(27)30-15-16-10-8-7-9-11-16/h7-12,17,19H,4-6,13-15H2,1-3H3/t17-,19+/m0/s1. The number of piperidine rings is 1. The van der Waals surface area contributed by atoms with Gasteiger partial charge in [-0.05, 0) is 43.7 Å². The predicted molar refractivity (Wildman–Crippen MR) is 109 cm³/mol. The molecule has 2 aliphatic heterocycles. The van der Waals surface area contributed by atoms with Gasteiger partial charge in [-0.3, -0.25) is 14.5 Å². The van der Waals surface area contributed by atoms with Crippen LogP contribution in [-0.4, -0.2) is 48.7 Å². The zero-order valence-corrected chi connectivity index (χ0v) is 17.8. The third kappa shape index (κ3) is 3.93. The zero-order valence-electron chi connectivity index (χ0n) is 17.8. The van der Waals surface area contributed by atoms with Crippen LogP contribution in [0.25, 0.3) is 0 Å². The minimum Gasteiger partial charge on any atom is -0.465 e. The molecule has 4 rings (SSSR count). The topological polar surface area (TPSA) is 82.1 Å². The molecule has 0 aromatic heterocycles. The first-order valence-corrected chi connectivity index (χ1v) is 10.5. The van der Waals surface area contributed by atoms with Crippen molar-refractivity contribution in [2.75, 3.05) is 19.8 Å². The molecule has 0 spiro atoms. The van der Waals surface area contributed by atoms with Crippen LogP contribution in [0.1, 0.15) is 39.2 Å². The number of carbonyl (C=O) groups is 3. The Morgan fingerprint density at radius 1 is 1.00 bits per heavy atom. The molecule has 0 saturated carbocycles. The summed E-state index contributed by atoms with van der Waals surface area (Å²) < 4.78 is 16.2. The van der Waals surface area contributed by atoms with Gasteiger partial charge in [-0.1, -0.05) is 43.3 Å². The SMILES string of the molecule is CCOC(=O)C1(C(=O)OCC)C[C@@H]2C=C(CC)[C@H]1N(C(=O)OCc1ccccc1)C2. The highest BCUT2D eigenvalue weighted by Crippen LogP contribution is 2.49. The molecule has 0 radical (unpaired) electrons. The maximum atomic E-state index is 13.1. The van der Waals surface area contributed by atoms with Crippen LogP contribution in [0.5, 0.6) is 0 Å². The molecule has 2 heterocycles. The molecular formula is C23H29NO6. The lowest BCUT2D eigenvalue weighted by Gasteiger charge is -2.52. The molecular weight excluding hydrogens is 386 g/mol. The first kappa shape index (κ1) is 21.9. The fourth-order valence-corrected chi connectivity index (χ4v) is 4.52. The molecule has 1 aliphatic carbocycles. The van der Waals surface area contributed by atoms with E-state index < -0.39 is 29.5 Å². The summed E-state index contributed by atoms with van der Waals surface area (Å²) in [6, 6.07) is 8.60. The van der Waals surface area contributed by atoms with Crippen molar-refractivity contribution in [1.82, 2.24) is 4.90 Å². The van der Waals surface area contributed by atoms with Gasteiger partial charge in [0.25, 0.3) is 0 Å². The van der Waals surface area contributed by atoms with Gasteiger partial charge in [0.1, 0.15) is 6.61 Å². The highest BCUT2D eigenvalue weighted by atomic mass is 16.6. The quantitative estimate of drug-likeness (QED) is 0.294. The molecule has 1 aromatic carbocycles. The van der Waals surface area contributed by atoms with E-state index in [1.807, 2.05) is 37.3 Å². The van der Waals surface area contributed by atoms with Crippen molar-refractivity contribution in [3.63, 3.8) is 0 Å². The van der Waals surface area contributed by atoms with Crippen molar-refractivity contribution < 1.29 is 28.6 Å². The van der Waals surface area contributed by atoms with Crippen LogP contribution in [-0.2, 0) is 30.4 Å². The van der Waals surface area contributed by atoms with Crippen molar-refractivity contribution >= 4 is 18.0 Å². The molecule has 7 heteroatoms. The summed E-state index contributed by atoms with van der Waals surface area (Å²) in [5, 5.41) is 0. The van der Waals surface area contributed by atoms with Gasteiger partial charge in [0, 0.05) is 6.54 Å². The van der Waals surface area contributed by atoms with E-state index in [4.69, 9.17) is 14.2 Å². The lowest BCUT2D eigenvalue weighted by molar-refractivity contribution is -0.182. The lowest BCUT2D eigenvalue weighted by atomic mass is 9.62. The van der Waals surface area contributed by atoms with Crippen molar-refractivity contribution in [2.24, 2.45) is 11.3 Å². The molecule has 162 valence electrons. The van der Waals surface area contributed by atoms with Gasteiger partial charge in [-0.2, -0.15) is 0 Å². The van der Waals surface area contributed by atoms with Crippen LogP contribution >= 0.6 is 0 Å². The van der Waals surface area contributed by atoms with Gasteiger partial charge in [0.2, 0.25) is 0 Å². The number of ether oxygens (including phenoxy) is 3. The molecule has 1 fully saturated rings. The first-order valence-electron chi connectivity index (χ1n) is 10.5. The highest BCUT2D eigenvalue weighted by Gasteiger charge is 2.64. The van der Waals surface area contributed by atoms with Crippen LogP contribution in [0.3, 0.4) is 0 Å². The average Bonchev–Trinajstić information content (AvgIpc) is 2.77. The Hall–Kier alpha value is -2.83. The second kappa shape index (κ2) is 9.32. The van der Waals surface area contributed by atoms with Crippen LogP contribution in [0.15, 0.2) is 42.0 Å². The minimum absolute atomic E-state index is 0.116. The third-order valence-electron chi connectivity index (χ3n) is 5.72. The number of rotatable bonds is 7. The molecule has 3 aliphatic rings. The number of hydrogen-bond donors (Lipinski definition) is 0. The summed E-state index contributed by atoms with van der Waals surface area (Å²) in [6.07, 6.45) is 2.39. The van der Waals surface area contributed by atoms with E-state index in [-0.39, 0.29) is 32.2 Å². The van der Waals surface area contributed by atoms with Gasteiger partial charge < -0.3 is 14.2 Å². The monoisotopic (exact) mass is 415 g/mol. The fourth-order valence-electron chi connectivity index (χ4n) is 4.52. The summed E-state index contributed by atoms with van der Waals surface area (Å²) in [5.74, 6) is -1.43. The minimum atomic E-state index is -1.57. The maximum Gasteiger partial charge on any atom is 0.410 e. The molecule has 2 bridgehead atoms. The summed E-state index contributed by atoms with van der Waals surface area (Å²) in [7, 11) is 0. The first-order chi connectivity index (χ1) is 14.5. The molecule has 7 nitrogen and oxygen atoms in total. The maximum absolute atomic E-state index is 13.1. The summed E-state index contributed by atoms with van der Waals surface area (Å²) in [4.78, 5) is 40.8. The Morgan fingerprint density at radius 3 is 2.20 bits per heavy atom. The molecule has 2 atom stereocenters. The zero-order chi connectivity index (χ0) is 21.7. The van der Waals surface area contributed by atoms with E-state index in [1.165, 1.54) is 4.90 Å². The summed E-state index contributed by atoms with van der Waals surface area (Å²) in [5.41, 5.74) is 0.150. The molecule has 1 aromatic rings. The average molecular weight is 415 g/mol. The fraction of sp³-hybridized carbons (Fsp3) is 0.522. The second-order valence-electron chi connectivity index (χ2n) is 7.57. The summed E-state index contributed by atoms with van der Waals surface area (Å²) >= 11 is 0. The van der Waals surface area contributed by atoms with Crippen LogP contribution < -0.4 is 0 Å². The smallest absolute Gasteiger partial charge is 0.410 e. The van der Waals surface area contributed by atoms with Crippen molar-refractivity contribution in [1.29, 1.82) is 0 Å². The van der Waals surface area contributed by atoms with E-state index in [9.17, 15) is 14.4 Å². The van der Waals surface area contributed by atoms with E-state index in [1.54, 1.807) is 13.8 Å². The predicted octanol–water partition coefficient (Wildman–Crippen LogP) is 3.48. The Morgan fingerprint density at radius 2 is 1.63 bits per heavy atom. The van der Waals surface area contributed by atoms with E-state index >= 15 is 0 Å². The highest BCUT2D eigenvalue weighted by molar-refractivity contribution is 6.02. The van der Waals surface area contributed by atoms with Gasteiger partial charge in [0.05, 0.1) is 19.3 Å². The van der Waals surface area contributed by atoms with Crippen LogP contribution in [0, 0.1) is 11.3 Å². The number of carbonyl (C=O) groups excluding carboxylic acids is 3. The second-order valence-corrected chi connectivity index (χ2v) is 7.57.